The molecule has 0 aliphatic carbocycles. The van der Waals surface area contributed by atoms with E-state index in [9.17, 15) is 4.79 Å². The van der Waals surface area contributed by atoms with Crippen LogP contribution in [-0.2, 0) is 4.74 Å². The molecule has 1 saturated heterocycles. The van der Waals surface area contributed by atoms with Crippen molar-refractivity contribution < 1.29 is 14.3 Å². The lowest BCUT2D eigenvalue weighted by molar-refractivity contribution is 0.0725. The fourth-order valence-electron chi connectivity index (χ4n) is 2.30. The average Bonchev–Trinajstić information content (AvgIpc) is 2.97. The van der Waals surface area contributed by atoms with Crippen molar-refractivity contribution in [3.63, 3.8) is 0 Å². The predicted octanol–water partition coefficient (Wildman–Crippen LogP) is 2.50. The third kappa shape index (κ3) is 1.28. The molecule has 0 unspecified atom stereocenters. The Morgan fingerprint density at radius 3 is 2.81 bits per heavy atom. The molecule has 2 heterocycles. The highest BCUT2D eigenvalue weighted by molar-refractivity contribution is 5.94. The number of ketones is 1. The van der Waals surface area contributed by atoms with Crippen LogP contribution in [0.3, 0.4) is 0 Å². The van der Waals surface area contributed by atoms with Crippen molar-refractivity contribution in [2.45, 2.75) is 38.6 Å². The van der Waals surface area contributed by atoms with E-state index in [1.54, 1.807) is 13.0 Å². The summed E-state index contributed by atoms with van der Waals surface area (Å²) < 4.78 is 11.5. The van der Waals surface area contributed by atoms with Gasteiger partial charge in [0, 0.05) is 11.1 Å². The van der Waals surface area contributed by atoms with Gasteiger partial charge in [0.25, 0.3) is 0 Å². The molecule has 84 valence electrons. The second-order valence-corrected chi connectivity index (χ2v) is 4.99. The summed E-state index contributed by atoms with van der Waals surface area (Å²) in [6, 6.07) is 5.56. The van der Waals surface area contributed by atoms with Gasteiger partial charge in [-0.25, -0.2) is 0 Å². The molecule has 3 heteroatoms. The number of ether oxygens (including phenoxy) is 2. The van der Waals surface area contributed by atoms with E-state index in [1.165, 1.54) is 0 Å². The first-order valence-corrected chi connectivity index (χ1v) is 5.48. The molecule has 0 saturated carbocycles. The first-order chi connectivity index (χ1) is 7.49. The SMILES string of the molecule is CC(=O)c1ccc2c(c1)[C@H]1O[C@H]1C(C)(C)O2. The van der Waals surface area contributed by atoms with Crippen LogP contribution in [0.4, 0.5) is 0 Å². The van der Waals surface area contributed by atoms with Gasteiger partial charge in [-0.1, -0.05) is 0 Å². The van der Waals surface area contributed by atoms with Gasteiger partial charge in [0.1, 0.15) is 23.6 Å². The third-order valence-corrected chi connectivity index (χ3v) is 3.27. The van der Waals surface area contributed by atoms with Gasteiger partial charge in [-0.2, -0.15) is 0 Å². The Morgan fingerprint density at radius 2 is 2.12 bits per heavy atom. The monoisotopic (exact) mass is 218 g/mol. The molecule has 3 nitrogen and oxygen atoms in total. The largest absolute Gasteiger partial charge is 0.485 e. The van der Waals surface area contributed by atoms with Gasteiger partial charge in [0.2, 0.25) is 0 Å². The molecule has 16 heavy (non-hydrogen) atoms. The van der Waals surface area contributed by atoms with Crippen molar-refractivity contribution >= 4 is 5.78 Å². The maximum absolute atomic E-state index is 11.3. The van der Waals surface area contributed by atoms with E-state index >= 15 is 0 Å². The summed E-state index contributed by atoms with van der Waals surface area (Å²) in [5.41, 5.74) is 1.46. The zero-order valence-electron chi connectivity index (χ0n) is 9.61. The zero-order valence-corrected chi connectivity index (χ0v) is 9.61. The second kappa shape index (κ2) is 2.86. The summed E-state index contributed by atoms with van der Waals surface area (Å²) in [5, 5.41) is 0. The zero-order chi connectivity index (χ0) is 11.5. The highest BCUT2D eigenvalue weighted by Gasteiger charge is 2.56. The van der Waals surface area contributed by atoms with Crippen LogP contribution < -0.4 is 4.74 Å². The number of carbonyl (C=O) groups is 1. The molecule has 2 aliphatic rings. The summed E-state index contributed by atoms with van der Waals surface area (Å²) in [6.07, 6.45) is 0.236. The van der Waals surface area contributed by atoms with E-state index in [1.807, 2.05) is 26.0 Å². The van der Waals surface area contributed by atoms with Crippen molar-refractivity contribution in [2.24, 2.45) is 0 Å². The molecule has 2 aliphatic heterocycles. The molecule has 1 aromatic carbocycles. The molecule has 3 rings (SSSR count). The van der Waals surface area contributed by atoms with Crippen LogP contribution in [0.5, 0.6) is 5.75 Å². The van der Waals surface area contributed by atoms with E-state index in [0.29, 0.717) is 0 Å². The third-order valence-electron chi connectivity index (χ3n) is 3.27. The van der Waals surface area contributed by atoms with Crippen LogP contribution in [0, 0.1) is 0 Å². The summed E-state index contributed by atoms with van der Waals surface area (Å²) in [4.78, 5) is 11.3. The normalized spacial score (nSPS) is 28.7. The van der Waals surface area contributed by atoms with Gasteiger partial charge in [0.15, 0.2) is 5.78 Å². The highest BCUT2D eigenvalue weighted by atomic mass is 16.6. The Kier molecular flexibility index (Phi) is 1.76. The van der Waals surface area contributed by atoms with Crippen molar-refractivity contribution in [3.8, 4) is 5.75 Å². The number of Topliss-reactive ketones (excluding diaryl/α,β-unsaturated/α-hetero) is 1. The van der Waals surface area contributed by atoms with Gasteiger partial charge in [0.05, 0.1) is 0 Å². The quantitative estimate of drug-likeness (QED) is 0.537. The topological polar surface area (TPSA) is 38.8 Å². The minimum Gasteiger partial charge on any atom is -0.485 e. The van der Waals surface area contributed by atoms with Crippen LogP contribution >= 0.6 is 0 Å². The minimum atomic E-state index is -0.268. The number of carbonyl (C=O) groups excluding carboxylic acids is 1. The Labute approximate surface area is 94.4 Å². The molecular formula is C13H14O3. The Bertz CT molecular complexity index is 476. The number of fused-ring (bicyclic) bond motifs is 3. The number of hydrogen-bond acceptors (Lipinski definition) is 3. The Balaban J connectivity index is 2.06. The molecule has 0 bridgehead atoms. The highest BCUT2D eigenvalue weighted by Crippen LogP contribution is 2.53. The maximum atomic E-state index is 11.3. The fraction of sp³-hybridized carbons (Fsp3) is 0.462. The second-order valence-electron chi connectivity index (χ2n) is 4.99. The van der Waals surface area contributed by atoms with Gasteiger partial charge in [-0.05, 0) is 39.0 Å². The van der Waals surface area contributed by atoms with Crippen LogP contribution in [0.2, 0.25) is 0 Å². The first kappa shape index (κ1) is 9.85. The van der Waals surface area contributed by atoms with E-state index in [2.05, 4.69) is 0 Å². The predicted molar refractivity (Wildman–Crippen MR) is 58.8 cm³/mol. The van der Waals surface area contributed by atoms with Crippen molar-refractivity contribution in [3.05, 3.63) is 29.3 Å². The van der Waals surface area contributed by atoms with Crippen molar-refractivity contribution in [1.82, 2.24) is 0 Å². The first-order valence-electron chi connectivity index (χ1n) is 5.48. The molecule has 2 atom stereocenters. The minimum absolute atomic E-state index is 0.0739. The van der Waals surface area contributed by atoms with Crippen LogP contribution in [0.1, 0.15) is 42.8 Å². The van der Waals surface area contributed by atoms with E-state index in [-0.39, 0.29) is 23.6 Å². The Morgan fingerprint density at radius 1 is 1.38 bits per heavy atom. The molecule has 0 radical (unpaired) electrons. The van der Waals surface area contributed by atoms with Gasteiger partial charge < -0.3 is 9.47 Å². The van der Waals surface area contributed by atoms with Crippen LogP contribution in [0.25, 0.3) is 0 Å². The van der Waals surface area contributed by atoms with Gasteiger partial charge in [-0.15, -0.1) is 0 Å². The average molecular weight is 218 g/mol. The van der Waals surface area contributed by atoms with E-state index in [4.69, 9.17) is 9.47 Å². The van der Waals surface area contributed by atoms with E-state index < -0.39 is 0 Å². The number of benzene rings is 1. The van der Waals surface area contributed by atoms with Crippen LogP contribution in [0.15, 0.2) is 18.2 Å². The molecule has 0 amide bonds. The number of rotatable bonds is 1. The standard InChI is InChI=1S/C13H14O3/c1-7(14)8-4-5-10-9(6-8)11-12(15-11)13(2,3)16-10/h4-6,11-12H,1-3H3/t11-,12-/m1/s1. The smallest absolute Gasteiger partial charge is 0.159 e. The Hall–Kier alpha value is -1.35. The number of hydrogen-bond donors (Lipinski definition) is 0. The van der Waals surface area contributed by atoms with Crippen molar-refractivity contribution in [2.75, 3.05) is 0 Å². The lowest BCUT2D eigenvalue weighted by Crippen LogP contribution is -2.37. The van der Waals surface area contributed by atoms with Gasteiger partial charge >= 0.3 is 0 Å². The molecule has 0 N–H and O–H groups in total. The summed E-state index contributed by atoms with van der Waals surface area (Å²) in [7, 11) is 0. The van der Waals surface area contributed by atoms with Crippen molar-refractivity contribution in [1.29, 1.82) is 0 Å². The van der Waals surface area contributed by atoms with E-state index in [0.717, 1.165) is 16.9 Å². The maximum Gasteiger partial charge on any atom is 0.159 e. The molecular weight excluding hydrogens is 204 g/mol. The molecule has 0 aromatic heterocycles. The summed E-state index contributed by atoms with van der Waals surface area (Å²) in [5.74, 6) is 0.915. The lowest BCUT2D eigenvalue weighted by Gasteiger charge is -2.29. The summed E-state index contributed by atoms with van der Waals surface area (Å²) >= 11 is 0. The lowest BCUT2D eigenvalue weighted by atomic mass is 9.93. The van der Waals surface area contributed by atoms with Crippen LogP contribution in [-0.4, -0.2) is 17.5 Å². The fourth-order valence-corrected chi connectivity index (χ4v) is 2.30. The number of epoxide rings is 1. The summed E-state index contributed by atoms with van der Waals surface area (Å²) in [6.45, 7) is 5.62. The van der Waals surface area contributed by atoms with Gasteiger partial charge in [-0.3, -0.25) is 4.79 Å². The molecule has 1 aromatic rings. The molecule has 0 spiro atoms. The molecule has 1 fully saturated rings.